The summed E-state index contributed by atoms with van der Waals surface area (Å²) in [5.74, 6) is -0.524. The van der Waals surface area contributed by atoms with Crippen molar-refractivity contribution >= 4 is 11.9 Å². The molecule has 0 radical (unpaired) electrons. The summed E-state index contributed by atoms with van der Waals surface area (Å²) in [7, 11) is 0. The average molecular weight is 462 g/mol. The van der Waals surface area contributed by atoms with Gasteiger partial charge in [0.05, 0.1) is 0 Å². The highest BCUT2D eigenvalue weighted by Gasteiger charge is 2.26. The van der Waals surface area contributed by atoms with Gasteiger partial charge in [0.25, 0.3) is 0 Å². The molecule has 4 nitrogen and oxygen atoms in total. The number of nitrogens with one attached hydrogen (secondary N) is 1. The minimum absolute atomic E-state index is 0.0388. The molecule has 0 saturated heterocycles. The van der Waals surface area contributed by atoms with Crippen molar-refractivity contribution in [2.45, 2.75) is 122 Å². The van der Waals surface area contributed by atoms with Crippen LogP contribution in [0.5, 0.6) is 0 Å². The van der Waals surface area contributed by atoms with E-state index in [-0.39, 0.29) is 11.3 Å². The van der Waals surface area contributed by atoms with E-state index in [1.165, 1.54) is 64.2 Å². The van der Waals surface area contributed by atoms with Crippen LogP contribution in [-0.4, -0.2) is 23.5 Å². The molecule has 0 unspecified atom stereocenters. The lowest BCUT2D eigenvalue weighted by Gasteiger charge is -2.31. The summed E-state index contributed by atoms with van der Waals surface area (Å²) in [6.45, 7) is 12.3. The first-order valence-corrected chi connectivity index (χ1v) is 13.3. The highest BCUT2D eigenvalue weighted by Crippen LogP contribution is 2.31. The molecule has 190 valence electrons. The van der Waals surface area contributed by atoms with Gasteiger partial charge in [-0.15, -0.1) is 19.7 Å². The lowest BCUT2D eigenvalue weighted by Crippen LogP contribution is -2.37. The average Bonchev–Trinajstić information content (AvgIpc) is 2.77. The molecule has 0 aromatic heterocycles. The van der Waals surface area contributed by atoms with Crippen LogP contribution in [0.4, 0.5) is 0 Å². The number of carboxylic acids is 1. The first-order valence-electron chi connectivity index (χ1n) is 13.3. The SMILES string of the molecule is C=CCC(CC=C)(CC=C)CNC(=O)CCCCCCCCCCCCCCCCC(=O)O. The van der Waals surface area contributed by atoms with Crippen molar-refractivity contribution in [2.75, 3.05) is 6.54 Å². The zero-order valence-electron chi connectivity index (χ0n) is 21.3. The zero-order chi connectivity index (χ0) is 24.6. The molecule has 0 atom stereocenters. The van der Waals surface area contributed by atoms with Crippen molar-refractivity contribution in [3.63, 3.8) is 0 Å². The van der Waals surface area contributed by atoms with Crippen LogP contribution in [0, 0.1) is 5.41 Å². The normalized spacial score (nSPS) is 11.2. The summed E-state index contributed by atoms with van der Waals surface area (Å²) in [5.41, 5.74) is -0.0388. The first-order chi connectivity index (χ1) is 16.0. The molecule has 2 N–H and O–H groups in total. The monoisotopic (exact) mass is 461 g/mol. The Labute approximate surface area is 204 Å². The van der Waals surface area contributed by atoms with Crippen LogP contribution in [0.1, 0.15) is 122 Å². The van der Waals surface area contributed by atoms with E-state index in [1.807, 2.05) is 18.2 Å². The quantitative estimate of drug-likeness (QED) is 0.106. The van der Waals surface area contributed by atoms with Gasteiger partial charge in [0.2, 0.25) is 5.91 Å². The Kier molecular flexibility index (Phi) is 20.8. The highest BCUT2D eigenvalue weighted by molar-refractivity contribution is 5.75. The highest BCUT2D eigenvalue weighted by atomic mass is 16.4. The Bertz CT molecular complexity index is 514. The minimum atomic E-state index is -0.676. The maximum absolute atomic E-state index is 12.3. The summed E-state index contributed by atoms with van der Waals surface area (Å²) in [5, 5.41) is 11.7. The van der Waals surface area contributed by atoms with E-state index in [0.717, 1.165) is 44.9 Å². The Balaban J connectivity index is 3.57. The maximum atomic E-state index is 12.3. The summed E-state index contributed by atoms with van der Waals surface area (Å²) in [6, 6.07) is 0. The van der Waals surface area contributed by atoms with Crippen LogP contribution >= 0.6 is 0 Å². The van der Waals surface area contributed by atoms with E-state index < -0.39 is 5.97 Å². The summed E-state index contributed by atoms with van der Waals surface area (Å²) >= 11 is 0. The molecule has 0 fully saturated rings. The maximum Gasteiger partial charge on any atom is 0.303 e. The van der Waals surface area contributed by atoms with Gasteiger partial charge in [-0.1, -0.05) is 95.3 Å². The number of hydrogen-bond acceptors (Lipinski definition) is 2. The van der Waals surface area contributed by atoms with Gasteiger partial charge in [-0.05, 0) is 37.5 Å². The lowest BCUT2D eigenvalue weighted by atomic mass is 9.78. The van der Waals surface area contributed by atoms with E-state index in [2.05, 4.69) is 25.1 Å². The molecular weight excluding hydrogens is 410 g/mol. The fraction of sp³-hybridized carbons (Fsp3) is 0.724. The Morgan fingerprint density at radius 2 is 0.939 bits per heavy atom. The fourth-order valence-corrected chi connectivity index (χ4v) is 4.44. The van der Waals surface area contributed by atoms with E-state index in [0.29, 0.717) is 19.4 Å². The van der Waals surface area contributed by atoms with Crippen molar-refractivity contribution in [3.05, 3.63) is 38.0 Å². The molecule has 0 aliphatic carbocycles. The third kappa shape index (κ3) is 19.3. The lowest BCUT2D eigenvalue weighted by molar-refractivity contribution is -0.137. The molecule has 0 bridgehead atoms. The van der Waals surface area contributed by atoms with Gasteiger partial charge in [0.15, 0.2) is 0 Å². The van der Waals surface area contributed by atoms with Crippen LogP contribution in [0.3, 0.4) is 0 Å². The predicted octanol–water partition coefficient (Wildman–Crippen LogP) is 8.14. The number of carbonyl (C=O) groups excluding carboxylic acids is 1. The topological polar surface area (TPSA) is 66.4 Å². The van der Waals surface area contributed by atoms with Crippen molar-refractivity contribution in [3.8, 4) is 0 Å². The van der Waals surface area contributed by atoms with Gasteiger partial charge in [0, 0.05) is 19.4 Å². The Morgan fingerprint density at radius 1 is 0.606 bits per heavy atom. The number of hydrogen-bond donors (Lipinski definition) is 2. The van der Waals surface area contributed by atoms with E-state index in [4.69, 9.17) is 5.11 Å². The van der Waals surface area contributed by atoms with Gasteiger partial charge in [0.1, 0.15) is 0 Å². The summed E-state index contributed by atoms with van der Waals surface area (Å²) < 4.78 is 0. The standard InChI is InChI=1S/C29H51NO3/c1-4-23-29(24-5-2,25-6-3)26-30-27(31)21-19-17-15-13-11-9-7-8-10-12-14-16-18-20-22-28(32)33/h4-6H,1-3,7-26H2,(H,30,31)(H,32,33). The van der Waals surface area contributed by atoms with Crippen molar-refractivity contribution in [1.29, 1.82) is 0 Å². The second-order valence-electron chi connectivity index (χ2n) is 9.60. The number of amides is 1. The largest absolute Gasteiger partial charge is 0.481 e. The second kappa shape index (κ2) is 22.0. The van der Waals surface area contributed by atoms with Crippen molar-refractivity contribution < 1.29 is 14.7 Å². The van der Waals surface area contributed by atoms with Crippen LogP contribution in [0.25, 0.3) is 0 Å². The zero-order valence-corrected chi connectivity index (χ0v) is 21.3. The van der Waals surface area contributed by atoms with Crippen LogP contribution < -0.4 is 5.32 Å². The summed E-state index contributed by atoms with van der Waals surface area (Å²) in [6.07, 6.45) is 26.0. The van der Waals surface area contributed by atoms with E-state index in [1.54, 1.807) is 0 Å². The van der Waals surface area contributed by atoms with Crippen molar-refractivity contribution in [1.82, 2.24) is 5.32 Å². The molecule has 0 aromatic carbocycles. The molecule has 33 heavy (non-hydrogen) atoms. The van der Waals surface area contributed by atoms with Gasteiger partial charge in [-0.25, -0.2) is 0 Å². The molecule has 0 saturated carbocycles. The van der Waals surface area contributed by atoms with E-state index >= 15 is 0 Å². The molecule has 0 rings (SSSR count). The first kappa shape index (κ1) is 31.2. The van der Waals surface area contributed by atoms with Gasteiger partial charge in [-0.2, -0.15) is 0 Å². The molecule has 1 amide bonds. The van der Waals surface area contributed by atoms with Crippen molar-refractivity contribution in [2.24, 2.45) is 5.41 Å². The van der Waals surface area contributed by atoms with Gasteiger partial charge in [-0.3, -0.25) is 9.59 Å². The molecule has 0 spiro atoms. The van der Waals surface area contributed by atoms with Crippen LogP contribution in [-0.2, 0) is 9.59 Å². The van der Waals surface area contributed by atoms with E-state index in [9.17, 15) is 9.59 Å². The van der Waals surface area contributed by atoms with Gasteiger partial charge < -0.3 is 10.4 Å². The fourth-order valence-electron chi connectivity index (χ4n) is 4.44. The number of aliphatic carboxylic acids is 1. The van der Waals surface area contributed by atoms with Crippen LogP contribution in [0.2, 0.25) is 0 Å². The minimum Gasteiger partial charge on any atom is -0.481 e. The van der Waals surface area contributed by atoms with Crippen LogP contribution in [0.15, 0.2) is 38.0 Å². The Hall–Kier alpha value is -1.84. The Morgan fingerprint density at radius 3 is 1.27 bits per heavy atom. The number of allylic oxidation sites excluding steroid dienone is 3. The summed E-state index contributed by atoms with van der Waals surface area (Å²) in [4.78, 5) is 22.7. The third-order valence-electron chi connectivity index (χ3n) is 6.44. The smallest absolute Gasteiger partial charge is 0.303 e. The number of carboxylic acid groups (broad SMARTS) is 1. The number of carbonyl (C=O) groups is 2. The molecule has 4 heteroatoms. The molecule has 0 aromatic rings. The third-order valence-corrected chi connectivity index (χ3v) is 6.44. The number of rotatable bonds is 25. The molecule has 0 heterocycles. The molecular formula is C29H51NO3. The molecule has 0 aliphatic rings. The second-order valence-corrected chi connectivity index (χ2v) is 9.60. The number of unbranched alkanes of at least 4 members (excludes halogenated alkanes) is 13. The molecule has 0 aliphatic heterocycles. The van der Waals surface area contributed by atoms with Gasteiger partial charge >= 0.3 is 5.97 Å². The predicted molar refractivity (Wildman–Crippen MR) is 141 cm³/mol.